The number of amides is 3. The number of imide groups is 1. The highest BCUT2D eigenvalue weighted by molar-refractivity contribution is 6.31. The van der Waals surface area contributed by atoms with Gasteiger partial charge < -0.3 is 25.0 Å². The van der Waals surface area contributed by atoms with Gasteiger partial charge in [-0.3, -0.25) is 19.7 Å². The summed E-state index contributed by atoms with van der Waals surface area (Å²) >= 11 is 6.31. The Bertz CT molecular complexity index is 1580. The van der Waals surface area contributed by atoms with Crippen molar-refractivity contribution >= 4 is 40.7 Å². The van der Waals surface area contributed by atoms with Crippen LogP contribution in [0.1, 0.15) is 11.1 Å². The maximum Gasteiger partial charge on any atom is 0.250 e. The number of fused-ring (bicyclic) bond motifs is 5. The van der Waals surface area contributed by atoms with Gasteiger partial charge >= 0.3 is 0 Å². The fourth-order valence-corrected chi connectivity index (χ4v) is 6.35. The molecule has 3 amide bonds. The second kappa shape index (κ2) is 7.86. The second-order valence-corrected chi connectivity index (χ2v) is 10.2. The van der Waals surface area contributed by atoms with Gasteiger partial charge in [0.1, 0.15) is 5.54 Å². The summed E-state index contributed by atoms with van der Waals surface area (Å²) in [5.41, 5.74) is 0.400. The molecule has 2 saturated heterocycles. The van der Waals surface area contributed by atoms with Crippen LogP contribution in [0.4, 0.5) is 11.4 Å². The van der Waals surface area contributed by atoms with Crippen LogP contribution in [0, 0.1) is 11.8 Å². The van der Waals surface area contributed by atoms with Crippen LogP contribution in [-0.2, 0) is 26.3 Å². The highest BCUT2D eigenvalue weighted by Gasteiger charge is 2.70. The van der Waals surface area contributed by atoms with E-state index < -0.39 is 41.1 Å². The van der Waals surface area contributed by atoms with Gasteiger partial charge in [-0.15, -0.1) is 0 Å². The zero-order chi connectivity index (χ0) is 26.3. The van der Waals surface area contributed by atoms with Crippen LogP contribution in [0.25, 0.3) is 0 Å². The van der Waals surface area contributed by atoms with Crippen molar-refractivity contribution in [3.8, 4) is 23.0 Å². The highest BCUT2D eigenvalue weighted by atomic mass is 35.5. The number of nitrogens with one attached hydrogen (secondary N) is 2. The number of ether oxygens (including phenoxy) is 2. The standard InChI is InChI=1S/C27H20ClN3O7/c28-13-2-4-16-15(9-13)27(26(36)29-16)23-22(17(30-27)7-12-1-5-18(32)19(33)8-12)24(34)31(25(23)35)14-3-6-20-21(10-14)38-11-37-20/h1-6,8-10,17,22-23,30,32-33H,7,11H2,(H,29,36)/t17?,22-,23+,27?/m1/s1. The van der Waals surface area contributed by atoms with E-state index in [-0.39, 0.29) is 24.7 Å². The van der Waals surface area contributed by atoms with Crippen LogP contribution in [0.3, 0.4) is 0 Å². The number of carbonyl (C=O) groups is 3. The number of carbonyl (C=O) groups excluding carboxylic acids is 3. The number of anilines is 2. The number of hydrogen-bond acceptors (Lipinski definition) is 8. The van der Waals surface area contributed by atoms with E-state index >= 15 is 0 Å². The van der Waals surface area contributed by atoms with E-state index in [0.29, 0.717) is 39.0 Å². The minimum atomic E-state index is -1.54. The van der Waals surface area contributed by atoms with Gasteiger partial charge in [0.15, 0.2) is 23.0 Å². The Labute approximate surface area is 220 Å². The van der Waals surface area contributed by atoms with E-state index in [2.05, 4.69) is 10.6 Å². The maximum atomic E-state index is 14.1. The lowest BCUT2D eigenvalue weighted by Crippen LogP contribution is -2.53. The van der Waals surface area contributed by atoms with E-state index in [0.717, 1.165) is 4.90 Å². The molecule has 10 nitrogen and oxygen atoms in total. The smallest absolute Gasteiger partial charge is 0.250 e. The molecule has 2 fully saturated rings. The van der Waals surface area contributed by atoms with E-state index in [9.17, 15) is 24.6 Å². The molecule has 3 aromatic carbocycles. The van der Waals surface area contributed by atoms with Gasteiger partial charge in [-0.25, -0.2) is 4.90 Å². The summed E-state index contributed by atoms with van der Waals surface area (Å²) in [5.74, 6) is -3.05. The number of nitrogens with zero attached hydrogens (tertiary/aromatic N) is 1. The van der Waals surface area contributed by atoms with Crippen LogP contribution in [0.2, 0.25) is 5.02 Å². The molecule has 0 radical (unpaired) electrons. The summed E-state index contributed by atoms with van der Waals surface area (Å²) in [5, 5.41) is 26.3. The first kappa shape index (κ1) is 22.9. The normalized spacial score (nSPS) is 26.7. The zero-order valence-electron chi connectivity index (χ0n) is 19.6. The van der Waals surface area contributed by atoms with Crippen LogP contribution in [-0.4, -0.2) is 40.8 Å². The molecule has 4 N–H and O–H groups in total. The van der Waals surface area contributed by atoms with E-state index in [1.54, 1.807) is 42.5 Å². The van der Waals surface area contributed by atoms with E-state index in [1.807, 2.05) is 0 Å². The van der Waals surface area contributed by atoms with Crippen molar-refractivity contribution in [3.63, 3.8) is 0 Å². The van der Waals surface area contributed by atoms with Gasteiger partial charge in [-0.05, 0) is 54.4 Å². The third kappa shape index (κ3) is 3.01. The molecule has 7 rings (SSSR count). The van der Waals surface area contributed by atoms with Crippen LogP contribution in [0.5, 0.6) is 23.0 Å². The number of halogens is 1. The molecule has 2 unspecified atom stereocenters. The van der Waals surface area contributed by atoms with Crippen molar-refractivity contribution in [2.75, 3.05) is 17.0 Å². The van der Waals surface area contributed by atoms with Gasteiger partial charge in [-0.1, -0.05) is 17.7 Å². The third-order valence-electron chi connectivity index (χ3n) is 7.79. The predicted octanol–water partition coefficient (Wildman–Crippen LogP) is 2.65. The Kier molecular flexibility index (Phi) is 4.73. The van der Waals surface area contributed by atoms with E-state index in [4.69, 9.17) is 21.1 Å². The number of phenols is 2. The molecule has 1 spiro atoms. The number of rotatable bonds is 3. The summed E-state index contributed by atoms with van der Waals surface area (Å²) in [6.45, 7) is 0.0399. The predicted molar refractivity (Wildman–Crippen MR) is 134 cm³/mol. The lowest BCUT2D eigenvalue weighted by Gasteiger charge is -2.29. The van der Waals surface area contributed by atoms with Crippen molar-refractivity contribution < 1.29 is 34.1 Å². The first-order valence-electron chi connectivity index (χ1n) is 12.0. The molecule has 0 aromatic heterocycles. The number of benzene rings is 3. The Morgan fingerprint density at radius 3 is 2.58 bits per heavy atom. The minimum Gasteiger partial charge on any atom is -0.504 e. The SMILES string of the molecule is O=C1[C@@H]2C(Cc3ccc(O)c(O)c3)NC3(C(=O)Nc4ccc(Cl)cc43)[C@@H]2C(=O)N1c1ccc2c(c1)OCO2. The van der Waals surface area contributed by atoms with Crippen molar-refractivity contribution in [2.24, 2.45) is 11.8 Å². The van der Waals surface area contributed by atoms with Crippen molar-refractivity contribution in [3.05, 3.63) is 70.7 Å². The monoisotopic (exact) mass is 533 g/mol. The fraction of sp³-hybridized carbons (Fsp3) is 0.222. The van der Waals surface area contributed by atoms with Gasteiger partial charge in [-0.2, -0.15) is 0 Å². The Morgan fingerprint density at radius 1 is 0.947 bits per heavy atom. The van der Waals surface area contributed by atoms with Crippen molar-refractivity contribution in [2.45, 2.75) is 18.0 Å². The molecule has 0 saturated carbocycles. The Morgan fingerprint density at radius 2 is 1.76 bits per heavy atom. The Balaban J connectivity index is 1.36. The molecule has 0 aliphatic carbocycles. The Hall–Kier alpha value is -4.28. The maximum absolute atomic E-state index is 14.1. The molecule has 3 aromatic rings. The lowest BCUT2D eigenvalue weighted by molar-refractivity contribution is -0.130. The van der Waals surface area contributed by atoms with Crippen molar-refractivity contribution in [1.29, 1.82) is 0 Å². The molecule has 4 aliphatic heterocycles. The quantitative estimate of drug-likeness (QED) is 0.298. The van der Waals surface area contributed by atoms with Crippen LogP contribution >= 0.6 is 11.6 Å². The van der Waals surface area contributed by atoms with Gasteiger partial charge in [0.2, 0.25) is 24.5 Å². The molecule has 0 bridgehead atoms. The average Bonchev–Trinajstić information content (AvgIpc) is 3.61. The first-order valence-corrected chi connectivity index (χ1v) is 12.3. The summed E-state index contributed by atoms with van der Waals surface area (Å²) in [4.78, 5) is 42.8. The fourth-order valence-electron chi connectivity index (χ4n) is 6.18. The van der Waals surface area contributed by atoms with Crippen molar-refractivity contribution in [1.82, 2.24) is 5.32 Å². The van der Waals surface area contributed by atoms with E-state index in [1.165, 1.54) is 12.1 Å². The second-order valence-electron chi connectivity index (χ2n) is 9.78. The third-order valence-corrected chi connectivity index (χ3v) is 8.02. The largest absolute Gasteiger partial charge is 0.504 e. The average molecular weight is 534 g/mol. The number of aromatic hydroxyl groups is 2. The number of hydrogen-bond donors (Lipinski definition) is 4. The molecular formula is C27H20ClN3O7. The summed E-state index contributed by atoms with van der Waals surface area (Å²) in [7, 11) is 0. The van der Waals surface area contributed by atoms with Crippen LogP contribution < -0.4 is 25.0 Å². The molecule has 4 heterocycles. The lowest BCUT2D eigenvalue weighted by atomic mass is 9.76. The first-order chi connectivity index (χ1) is 18.3. The molecule has 11 heteroatoms. The van der Waals surface area contributed by atoms with Gasteiger partial charge in [0.05, 0.1) is 17.5 Å². The molecule has 4 aliphatic rings. The zero-order valence-corrected chi connectivity index (χ0v) is 20.4. The minimum absolute atomic E-state index is 0.0399. The molecule has 4 atom stereocenters. The van der Waals surface area contributed by atoms with Gasteiger partial charge in [0, 0.05) is 28.4 Å². The molecular weight excluding hydrogens is 514 g/mol. The summed E-state index contributed by atoms with van der Waals surface area (Å²) < 4.78 is 10.8. The number of phenolic OH excluding ortho intramolecular Hbond substituents is 2. The summed E-state index contributed by atoms with van der Waals surface area (Å²) in [6.07, 6.45) is 0.202. The molecule has 192 valence electrons. The molecule has 38 heavy (non-hydrogen) atoms. The highest BCUT2D eigenvalue weighted by Crippen LogP contribution is 2.54. The topological polar surface area (TPSA) is 137 Å². The van der Waals surface area contributed by atoms with Crippen LogP contribution in [0.15, 0.2) is 54.6 Å². The van der Waals surface area contributed by atoms with Gasteiger partial charge in [0.25, 0.3) is 0 Å². The summed E-state index contributed by atoms with van der Waals surface area (Å²) in [6, 6.07) is 13.5.